The molecule has 0 bridgehead atoms. The predicted molar refractivity (Wildman–Crippen MR) is 80.8 cm³/mol. The van der Waals surface area contributed by atoms with Crippen LogP contribution >= 0.6 is 22.9 Å². The Hall–Kier alpha value is -1.36. The van der Waals surface area contributed by atoms with E-state index in [1.165, 1.54) is 4.88 Å². The molecule has 0 aliphatic rings. The summed E-state index contributed by atoms with van der Waals surface area (Å²) < 4.78 is 0. The minimum absolute atomic E-state index is 0.0781. The van der Waals surface area contributed by atoms with Crippen LogP contribution in [-0.2, 0) is 4.79 Å². The maximum Gasteiger partial charge on any atom is 0.238 e. The third kappa shape index (κ3) is 4.35. The molecule has 0 saturated carbocycles. The van der Waals surface area contributed by atoms with E-state index in [1.54, 1.807) is 29.5 Å². The molecule has 0 spiro atoms. The van der Waals surface area contributed by atoms with Crippen LogP contribution in [0.3, 0.4) is 0 Å². The third-order valence-electron chi connectivity index (χ3n) is 2.65. The summed E-state index contributed by atoms with van der Waals surface area (Å²) in [5.74, 6) is -0.0781. The Kier molecular flexibility index (Phi) is 4.96. The molecule has 0 saturated heterocycles. The highest BCUT2D eigenvalue weighted by molar-refractivity contribution is 7.10. The Labute approximate surface area is 121 Å². The second kappa shape index (κ2) is 6.70. The highest BCUT2D eigenvalue weighted by atomic mass is 35.5. The number of carbonyl (C=O) groups is 1. The summed E-state index contributed by atoms with van der Waals surface area (Å²) in [6, 6.07) is 11.3. The van der Waals surface area contributed by atoms with Crippen molar-refractivity contribution in [1.29, 1.82) is 0 Å². The van der Waals surface area contributed by atoms with Gasteiger partial charge in [0.2, 0.25) is 5.91 Å². The van der Waals surface area contributed by atoms with Crippen LogP contribution in [0.25, 0.3) is 0 Å². The Morgan fingerprint density at radius 2 is 2.21 bits per heavy atom. The Bertz CT molecular complexity index is 542. The first-order valence-corrected chi connectivity index (χ1v) is 7.23. The number of benzene rings is 1. The number of thiophene rings is 1. The summed E-state index contributed by atoms with van der Waals surface area (Å²) in [6.07, 6.45) is 0. The average molecular weight is 295 g/mol. The number of amides is 1. The van der Waals surface area contributed by atoms with Crippen LogP contribution in [0.15, 0.2) is 41.8 Å². The first-order valence-electron chi connectivity index (χ1n) is 5.97. The van der Waals surface area contributed by atoms with E-state index < -0.39 is 0 Å². The number of carbonyl (C=O) groups excluding carboxylic acids is 1. The molecule has 2 rings (SSSR count). The monoisotopic (exact) mass is 294 g/mol. The molecule has 0 aliphatic carbocycles. The third-order valence-corrected chi connectivity index (χ3v) is 3.94. The van der Waals surface area contributed by atoms with Crippen molar-refractivity contribution in [3.8, 4) is 0 Å². The van der Waals surface area contributed by atoms with E-state index in [9.17, 15) is 4.79 Å². The summed E-state index contributed by atoms with van der Waals surface area (Å²) in [4.78, 5) is 13.0. The van der Waals surface area contributed by atoms with Gasteiger partial charge >= 0.3 is 0 Å². The fraction of sp³-hybridized carbons (Fsp3) is 0.214. The number of nitrogens with one attached hydrogen (secondary N) is 2. The standard InChI is InChI=1S/C14H15ClN2OS/c1-10(13-6-3-7-19-13)16-9-14(18)17-12-5-2-4-11(15)8-12/h2-8,10,16H,9H2,1H3,(H,17,18). The van der Waals surface area contributed by atoms with Crippen molar-refractivity contribution in [2.24, 2.45) is 0 Å². The van der Waals surface area contributed by atoms with Crippen molar-refractivity contribution < 1.29 is 4.79 Å². The average Bonchev–Trinajstić information content (AvgIpc) is 2.90. The Morgan fingerprint density at radius 1 is 1.37 bits per heavy atom. The lowest BCUT2D eigenvalue weighted by molar-refractivity contribution is -0.115. The van der Waals surface area contributed by atoms with Crippen molar-refractivity contribution in [2.75, 3.05) is 11.9 Å². The van der Waals surface area contributed by atoms with Gasteiger partial charge in [0.1, 0.15) is 0 Å². The van der Waals surface area contributed by atoms with Gasteiger partial charge in [-0.2, -0.15) is 0 Å². The number of anilines is 1. The van der Waals surface area contributed by atoms with Crippen molar-refractivity contribution in [2.45, 2.75) is 13.0 Å². The summed E-state index contributed by atoms with van der Waals surface area (Å²) in [6.45, 7) is 2.31. The molecule has 1 unspecified atom stereocenters. The van der Waals surface area contributed by atoms with Crippen molar-refractivity contribution >= 4 is 34.5 Å². The molecule has 2 N–H and O–H groups in total. The van der Waals surface area contributed by atoms with Gasteiger partial charge in [-0.15, -0.1) is 11.3 Å². The molecule has 1 atom stereocenters. The van der Waals surface area contributed by atoms with E-state index >= 15 is 0 Å². The minimum atomic E-state index is -0.0781. The highest BCUT2D eigenvalue weighted by Gasteiger charge is 2.08. The fourth-order valence-electron chi connectivity index (χ4n) is 1.66. The van der Waals surface area contributed by atoms with Crippen LogP contribution in [0, 0.1) is 0 Å². The lowest BCUT2D eigenvalue weighted by atomic mass is 10.2. The smallest absolute Gasteiger partial charge is 0.238 e. The largest absolute Gasteiger partial charge is 0.325 e. The number of hydrogen-bond donors (Lipinski definition) is 2. The molecule has 100 valence electrons. The van der Waals surface area contributed by atoms with E-state index in [0.29, 0.717) is 10.7 Å². The van der Waals surface area contributed by atoms with Gasteiger partial charge in [-0.3, -0.25) is 4.79 Å². The zero-order valence-corrected chi connectivity index (χ0v) is 12.1. The second-order valence-corrected chi connectivity index (χ2v) is 5.59. The van der Waals surface area contributed by atoms with E-state index in [4.69, 9.17) is 11.6 Å². The van der Waals surface area contributed by atoms with Crippen LogP contribution in [0.4, 0.5) is 5.69 Å². The predicted octanol–water partition coefficient (Wildman–Crippen LogP) is 3.69. The maximum atomic E-state index is 11.8. The van der Waals surface area contributed by atoms with E-state index in [-0.39, 0.29) is 18.5 Å². The van der Waals surface area contributed by atoms with E-state index in [1.807, 2.05) is 24.4 Å². The molecule has 0 aliphatic heterocycles. The van der Waals surface area contributed by atoms with Crippen molar-refractivity contribution in [1.82, 2.24) is 5.32 Å². The first kappa shape index (κ1) is 14.1. The SMILES string of the molecule is CC(NCC(=O)Nc1cccc(Cl)c1)c1cccs1. The molecule has 1 heterocycles. The zero-order valence-electron chi connectivity index (χ0n) is 10.5. The number of rotatable bonds is 5. The van der Waals surface area contributed by atoms with Gasteiger partial charge in [0.25, 0.3) is 0 Å². The van der Waals surface area contributed by atoms with Crippen molar-refractivity contribution in [3.05, 3.63) is 51.7 Å². The zero-order chi connectivity index (χ0) is 13.7. The molecule has 1 aromatic carbocycles. The summed E-state index contributed by atoms with van der Waals surface area (Å²) in [5.41, 5.74) is 0.711. The van der Waals surface area contributed by atoms with E-state index in [2.05, 4.69) is 16.7 Å². The second-order valence-electron chi connectivity index (χ2n) is 4.18. The van der Waals surface area contributed by atoms with Gasteiger partial charge in [0.15, 0.2) is 0 Å². The van der Waals surface area contributed by atoms with Crippen LogP contribution in [0.2, 0.25) is 5.02 Å². The van der Waals surface area contributed by atoms with Crippen LogP contribution in [0.5, 0.6) is 0 Å². The molecule has 1 amide bonds. The van der Waals surface area contributed by atoms with Gasteiger partial charge in [-0.05, 0) is 36.6 Å². The number of halogens is 1. The van der Waals surface area contributed by atoms with Crippen LogP contribution in [0.1, 0.15) is 17.8 Å². The molecule has 2 aromatic rings. The molecule has 19 heavy (non-hydrogen) atoms. The van der Waals surface area contributed by atoms with Gasteiger partial charge in [-0.25, -0.2) is 0 Å². The van der Waals surface area contributed by atoms with Crippen LogP contribution < -0.4 is 10.6 Å². The fourth-order valence-corrected chi connectivity index (χ4v) is 2.60. The van der Waals surface area contributed by atoms with Gasteiger partial charge in [0, 0.05) is 21.6 Å². The lowest BCUT2D eigenvalue weighted by Gasteiger charge is -2.12. The van der Waals surface area contributed by atoms with Crippen molar-refractivity contribution in [3.63, 3.8) is 0 Å². The molecular formula is C14H15ClN2OS. The molecule has 0 fully saturated rings. The maximum absolute atomic E-state index is 11.8. The number of hydrogen-bond acceptors (Lipinski definition) is 3. The molecule has 0 radical (unpaired) electrons. The van der Waals surface area contributed by atoms with Crippen LogP contribution in [-0.4, -0.2) is 12.5 Å². The summed E-state index contributed by atoms with van der Waals surface area (Å²) >= 11 is 7.53. The molecule has 3 nitrogen and oxygen atoms in total. The lowest BCUT2D eigenvalue weighted by Crippen LogP contribution is -2.29. The molecule has 1 aromatic heterocycles. The summed E-state index contributed by atoms with van der Waals surface area (Å²) in [7, 11) is 0. The minimum Gasteiger partial charge on any atom is -0.325 e. The van der Waals surface area contributed by atoms with Gasteiger partial charge in [-0.1, -0.05) is 23.7 Å². The quantitative estimate of drug-likeness (QED) is 0.883. The normalized spacial score (nSPS) is 12.1. The van der Waals surface area contributed by atoms with Gasteiger partial charge in [0.05, 0.1) is 6.54 Å². The Balaban J connectivity index is 1.82. The summed E-state index contributed by atoms with van der Waals surface area (Å²) in [5, 5.41) is 8.62. The Morgan fingerprint density at radius 3 is 2.89 bits per heavy atom. The molecular weight excluding hydrogens is 280 g/mol. The molecule has 5 heteroatoms. The van der Waals surface area contributed by atoms with Gasteiger partial charge < -0.3 is 10.6 Å². The first-order chi connectivity index (χ1) is 9.15. The topological polar surface area (TPSA) is 41.1 Å². The van der Waals surface area contributed by atoms with E-state index in [0.717, 1.165) is 0 Å². The highest BCUT2D eigenvalue weighted by Crippen LogP contribution is 2.18.